The number of aromatic hydroxyl groups is 1. The Kier molecular flexibility index (Phi) is 4.88. The maximum Gasteiger partial charge on any atom is 0.124 e. The van der Waals surface area contributed by atoms with Crippen LogP contribution in [-0.2, 0) is 12.8 Å². The standard InChI is InChI=1S/C29H26O/c1-2-3-10-21-17-18-27(30)29(20-11-5-4-6-12-20)28(21)25-16-9-15-24-23-14-8-7-13-22(23)19-26(24)25/h4-9,11-18,30H,2-3,10,19H2,1H3. The SMILES string of the molecule is CCCCc1ccc(O)c(-c2ccccc2)c1-c1cccc2c1Cc1ccccc1-2. The van der Waals surface area contributed by atoms with Crippen LogP contribution in [0, 0.1) is 0 Å². The lowest BCUT2D eigenvalue weighted by Gasteiger charge is -2.20. The Morgan fingerprint density at radius 1 is 0.700 bits per heavy atom. The molecule has 4 aromatic rings. The molecule has 30 heavy (non-hydrogen) atoms. The molecule has 0 heterocycles. The van der Waals surface area contributed by atoms with E-state index in [1.807, 2.05) is 24.3 Å². The fourth-order valence-electron chi connectivity index (χ4n) is 4.81. The highest BCUT2D eigenvalue weighted by Crippen LogP contribution is 2.47. The number of rotatable bonds is 5. The third-order valence-electron chi connectivity index (χ3n) is 6.25. The van der Waals surface area contributed by atoms with E-state index in [1.54, 1.807) is 0 Å². The average Bonchev–Trinajstić information content (AvgIpc) is 3.17. The fraction of sp³-hybridized carbons (Fsp3) is 0.172. The minimum absolute atomic E-state index is 0.351. The molecule has 0 spiro atoms. The van der Waals surface area contributed by atoms with Gasteiger partial charge in [0, 0.05) is 5.56 Å². The third kappa shape index (κ3) is 3.11. The third-order valence-corrected chi connectivity index (χ3v) is 6.25. The molecule has 5 rings (SSSR count). The lowest BCUT2D eigenvalue weighted by molar-refractivity contribution is 0.477. The van der Waals surface area contributed by atoms with Crippen LogP contribution in [0.1, 0.15) is 36.5 Å². The molecule has 0 aliphatic heterocycles. The molecule has 0 bridgehead atoms. The Balaban J connectivity index is 1.78. The molecule has 0 fully saturated rings. The average molecular weight is 391 g/mol. The van der Waals surface area contributed by atoms with Crippen molar-refractivity contribution in [1.82, 2.24) is 0 Å². The van der Waals surface area contributed by atoms with Crippen LogP contribution >= 0.6 is 0 Å². The number of hydrogen-bond acceptors (Lipinski definition) is 1. The molecular formula is C29H26O. The number of fused-ring (bicyclic) bond motifs is 3. The first kappa shape index (κ1) is 18.7. The number of unbranched alkanes of at least 4 members (excludes halogenated alkanes) is 1. The molecule has 1 N–H and O–H groups in total. The molecule has 0 saturated heterocycles. The Bertz CT molecular complexity index is 1200. The second-order valence-corrected chi connectivity index (χ2v) is 8.13. The van der Waals surface area contributed by atoms with Gasteiger partial charge in [-0.2, -0.15) is 0 Å². The van der Waals surface area contributed by atoms with E-state index in [4.69, 9.17) is 0 Å². The van der Waals surface area contributed by atoms with Gasteiger partial charge >= 0.3 is 0 Å². The van der Waals surface area contributed by atoms with Gasteiger partial charge in [0.2, 0.25) is 0 Å². The van der Waals surface area contributed by atoms with Crippen molar-refractivity contribution in [2.45, 2.75) is 32.6 Å². The van der Waals surface area contributed by atoms with Crippen LogP contribution in [0.4, 0.5) is 0 Å². The first-order valence-electron chi connectivity index (χ1n) is 10.9. The molecule has 0 radical (unpaired) electrons. The van der Waals surface area contributed by atoms with Crippen molar-refractivity contribution in [2.24, 2.45) is 0 Å². The quantitative estimate of drug-likeness (QED) is 0.327. The van der Waals surface area contributed by atoms with Gasteiger partial charge in [-0.05, 0) is 69.8 Å². The van der Waals surface area contributed by atoms with Gasteiger partial charge in [0.05, 0.1) is 0 Å². The highest BCUT2D eigenvalue weighted by molar-refractivity contribution is 5.94. The van der Waals surface area contributed by atoms with Crippen LogP contribution in [0.3, 0.4) is 0 Å². The van der Waals surface area contributed by atoms with E-state index in [2.05, 4.69) is 67.6 Å². The molecule has 4 aromatic carbocycles. The van der Waals surface area contributed by atoms with Gasteiger partial charge in [0.15, 0.2) is 0 Å². The molecule has 1 nitrogen and oxygen atoms in total. The van der Waals surface area contributed by atoms with Crippen LogP contribution in [0.15, 0.2) is 84.9 Å². The van der Waals surface area contributed by atoms with Gasteiger partial charge in [-0.25, -0.2) is 0 Å². The monoisotopic (exact) mass is 390 g/mol. The zero-order valence-electron chi connectivity index (χ0n) is 17.4. The van der Waals surface area contributed by atoms with Crippen LogP contribution < -0.4 is 0 Å². The van der Waals surface area contributed by atoms with Crippen molar-refractivity contribution >= 4 is 0 Å². The first-order chi connectivity index (χ1) is 14.8. The van der Waals surface area contributed by atoms with Crippen molar-refractivity contribution in [1.29, 1.82) is 0 Å². The van der Waals surface area contributed by atoms with E-state index >= 15 is 0 Å². The zero-order valence-corrected chi connectivity index (χ0v) is 17.4. The molecule has 1 heteroatoms. The fourth-order valence-corrected chi connectivity index (χ4v) is 4.81. The first-order valence-corrected chi connectivity index (χ1v) is 10.9. The highest BCUT2D eigenvalue weighted by Gasteiger charge is 2.24. The van der Waals surface area contributed by atoms with Gasteiger partial charge in [-0.1, -0.05) is 92.2 Å². The Morgan fingerprint density at radius 2 is 1.43 bits per heavy atom. The number of hydrogen-bond donors (Lipinski definition) is 1. The van der Waals surface area contributed by atoms with Gasteiger partial charge in [0.25, 0.3) is 0 Å². The predicted molar refractivity (Wildman–Crippen MR) is 126 cm³/mol. The summed E-state index contributed by atoms with van der Waals surface area (Å²) in [5.74, 6) is 0.351. The van der Waals surface area contributed by atoms with Crippen molar-refractivity contribution in [3.8, 4) is 39.1 Å². The Hall–Kier alpha value is -3.32. The lowest BCUT2D eigenvalue weighted by Crippen LogP contribution is -1.98. The number of aryl methyl sites for hydroxylation is 1. The van der Waals surface area contributed by atoms with Crippen LogP contribution in [0.25, 0.3) is 33.4 Å². The Morgan fingerprint density at radius 3 is 2.27 bits per heavy atom. The smallest absolute Gasteiger partial charge is 0.124 e. The molecule has 0 aromatic heterocycles. The van der Waals surface area contributed by atoms with Crippen molar-refractivity contribution in [2.75, 3.05) is 0 Å². The van der Waals surface area contributed by atoms with E-state index in [0.29, 0.717) is 5.75 Å². The minimum atomic E-state index is 0.351. The van der Waals surface area contributed by atoms with Crippen LogP contribution in [-0.4, -0.2) is 5.11 Å². The molecule has 148 valence electrons. The summed E-state index contributed by atoms with van der Waals surface area (Å²) in [6.07, 6.45) is 4.25. The van der Waals surface area contributed by atoms with Crippen molar-refractivity contribution in [3.05, 3.63) is 102 Å². The lowest BCUT2D eigenvalue weighted by atomic mass is 9.85. The molecular weight excluding hydrogens is 364 g/mol. The number of phenolic OH excluding ortho intramolecular Hbond substituents is 1. The minimum Gasteiger partial charge on any atom is -0.507 e. The summed E-state index contributed by atoms with van der Waals surface area (Å²) < 4.78 is 0. The maximum atomic E-state index is 11.0. The van der Waals surface area contributed by atoms with E-state index in [0.717, 1.165) is 36.8 Å². The predicted octanol–water partition coefficient (Wildman–Crippen LogP) is 7.64. The summed E-state index contributed by atoms with van der Waals surface area (Å²) in [6, 6.07) is 29.6. The molecule has 0 atom stereocenters. The van der Waals surface area contributed by atoms with E-state index in [-0.39, 0.29) is 0 Å². The van der Waals surface area contributed by atoms with Crippen molar-refractivity contribution < 1.29 is 5.11 Å². The van der Waals surface area contributed by atoms with Crippen molar-refractivity contribution in [3.63, 3.8) is 0 Å². The summed E-state index contributed by atoms with van der Waals surface area (Å²) in [6.45, 7) is 2.23. The number of phenols is 1. The topological polar surface area (TPSA) is 20.2 Å². The summed E-state index contributed by atoms with van der Waals surface area (Å²) in [4.78, 5) is 0. The largest absolute Gasteiger partial charge is 0.507 e. The summed E-state index contributed by atoms with van der Waals surface area (Å²) in [5, 5.41) is 11.0. The van der Waals surface area contributed by atoms with Crippen LogP contribution in [0.2, 0.25) is 0 Å². The molecule has 0 saturated carbocycles. The maximum absolute atomic E-state index is 11.0. The highest BCUT2D eigenvalue weighted by atomic mass is 16.3. The van der Waals surface area contributed by atoms with Gasteiger partial charge < -0.3 is 5.11 Å². The number of benzene rings is 4. The van der Waals surface area contributed by atoms with Gasteiger partial charge in [-0.15, -0.1) is 0 Å². The normalized spacial score (nSPS) is 11.9. The Labute approximate surface area is 178 Å². The zero-order chi connectivity index (χ0) is 20.5. The van der Waals surface area contributed by atoms with E-state index < -0.39 is 0 Å². The van der Waals surface area contributed by atoms with Gasteiger partial charge in [-0.3, -0.25) is 0 Å². The van der Waals surface area contributed by atoms with E-state index in [1.165, 1.54) is 38.9 Å². The molecule has 1 aliphatic rings. The molecule has 0 unspecified atom stereocenters. The van der Waals surface area contributed by atoms with E-state index in [9.17, 15) is 5.11 Å². The second-order valence-electron chi connectivity index (χ2n) is 8.13. The van der Waals surface area contributed by atoms with Crippen LogP contribution in [0.5, 0.6) is 5.75 Å². The summed E-state index contributed by atoms with van der Waals surface area (Å²) in [5.41, 5.74) is 11.2. The second kappa shape index (κ2) is 7.84. The molecule has 1 aliphatic carbocycles. The summed E-state index contributed by atoms with van der Waals surface area (Å²) >= 11 is 0. The summed E-state index contributed by atoms with van der Waals surface area (Å²) in [7, 11) is 0. The van der Waals surface area contributed by atoms with Gasteiger partial charge in [0.1, 0.15) is 5.75 Å². The molecule has 0 amide bonds.